The highest BCUT2D eigenvalue weighted by Gasteiger charge is 2.10. The van der Waals surface area contributed by atoms with Crippen molar-refractivity contribution >= 4 is 22.8 Å². The standard InChI is InChI=1S/C12H9N3OS/c16-12-10(17-8-4-2-1-3-5-8)7-6-9-11(12)14-15-13-9/h1-7,16H,(H,13,14,15). The molecular weight excluding hydrogens is 234 g/mol. The number of phenols is 1. The van der Waals surface area contributed by atoms with Gasteiger partial charge in [-0.2, -0.15) is 15.4 Å². The van der Waals surface area contributed by atoms with Crippen molar-refractivity contribution in [2.75, 3.05) is 0 Å². The average molecular weight is 243 g/mol. The van der Waals surface area contributed by atoms with Gasteiger partial charge in [-0.15, -0.1) is 0 Å². The number of nitrogens with zero attached hydrogens (tertiary/aromatic N) is 2. The quantitative estimate of drug-likeness (QED) is 0.726. The first-order valence-electron chi connectivity index (χ1n) is 5.10. The number of H-pyrrole nitrogens is 1. The van der Waals surface area contributed by atoms with Crippen LogP contribution in [0.2, 0.25) is 0 Å². The van der Waals surface area contributed by atoms with E-state index in [4.69, 9.17) is 0 Å². The number of hydrogen-bond acceptors (Lipinski definition) is 4. The molecule has 1 heterocycles. The van der Waals surface area contributed by atoms with E-state index in [1.54, 1.807) is 0 Å². The highest BCUT2D eigenvalue weighted by Crippen LogP contribution is 2.37. The molecule has 0 unspecified atom stereocenters. The van der Waals surface area contributed by atoms with E-state index >= 15 is 0 Å². The second kappa shape index (κ2) is 4.10. The summed E-state index contributed by atoms with van der Waals surface area (Å²) in [5.74, 6) is 0.171. The van der Waals surface area contributed by atoms with Crippen molar-refractivity contribution in [3.05, 3.63) is 42.5 Å². The van der Waals surface area contributed by atoms with Crippen molar-refractivity contribution in [3.63, 3.8) is 0 Å². The minimum Gasteiger partial charge on any atom is -0.504 e. The topological polar surface area (TPSA) is 61.8 Å². The van der Waals surface area contributed by atoms with Crippen molar-refractivity contribution in [2.24, 2.45) is 0 Å². The van der Waals surface area contributed by atoms with Crippen molar-refractivity contribution in [3.8, 4) is 5.75 Å². The van der Waals surface area contributed by atoms with Gasteiger partial charge in [0.1, 0.15) is 5.52 Å². The number of aromatic hydroxyl groups is 1. The number of fused-ring (bicyclic) bond motifs is 1. The lowest BCUT2D eigenvalue weighted by atomic mass is 10.3. The van der Waals surface area contributed by atoms with Crippen molar-refractivity contribution in [2.45, 2.75) is 9.79 Å². The molecule has 0 fully saturated rings. The molecule has 17 heavy (non-hydrogen) atoms. The second-order valence-electron chi connectivity index (χ2n) is 3.52. The van der Waals surface area contributed by atoms with Gasteiger partial charge in [0.25, 0.3) is 0 Å². The molecule has 0 amide bonds. The maximum Gasteiger partial charge on any atom is 0.159 e. The number of hydrogen-bond donors (Lipinski definition) is 2. The minimum atomic E-state index is 0.171. The fourth-order valence-electron chi connectivity index (χ4n) is 1.58. The van der Waals surface area contributed by atoms with E-state index in [1.807, 2.05) is 42.5 Å². The van der Waals surface area contributed by atoms with Gasteiger partial charge in [0.2, 0.25) is 0 Å². The van der Waals surface area contributed by atoms with Crippen molar-refractivity contribution < 1.29 is 5.11 Å². The number of nitrogens with one attached hydrogen (secondary N) is 1. The molecule has 0 bridgehead atoms. The molecule has 4 nitrogen and oxygen atoms in total. The van der Waals surface area contributed by atoms with Gasteiger partial charge in [0.05, 0.1) is 4.90 Å². The highest BCUT2D eigenvalue weighted by molar-refractivity contribution is 7.99. The first kappa shape index (κ1) is 10.2. The molecule has 3 rings (SSSR count). The van der Waals surface area contributed by atoms with Crippen LogP contribution in [0.15, 0.2) is 52.3 Å². The molecule has 5 heteroatoms. The SMILES string of the molecule is Oc1c(Sc2ccccc2)ccc2n[nH]nc12. The van der Waals surface area contributed by atoms with E-state index in [0.29, 0.717) is 11.0 Å². The molecule has 0 saturated heterocycles. The number of aromatic nitrogens is 3. The summed E-state index contributed by atoms with van der Waals surface area (Å²) in [5, 5.41) is 20.4. The maximum absolute atomic E-state index is 10.1. The predicted octanol–water partition coefficient (Wildman–Crippen LogP) is 2.81. The fraction of sp³-hybridized carbons (Fsp3) is 0. The van der Waals surface area contributed by atoms with Crippen LogP contribution in [-0.2, 0) is 0 Å². The van der Waals surface area contributed by atoms with Gasteiger partial charge in [-0.05, 0) is 24.3 Å². The van der Waals surface area contributed by atoms with E-state index < -0.39 is 0 Å². The fourth-order valence-corrected chi connectivity index (χ4v) is 2.45. The highest BCUT2D eigenvalue weighted by atomic mass is 32.2. The predicted molar refractivity (Wildman–Crippen MR) is 66.1 cm³/mol. The number of aromatic amines is 1. The van der Waals surface area contributed by atoms with Crippen LogP contribution in [0.25, 0.3) is 11.0 Å². The Morgan fingerprint density at radius 2 is 1.82 bits per heavy atom. The van der Waals surface area contributed by atoms with Crippen molar-refractivity contribution in [1.29, 1.82) is 0 Å². The normalized spacial score (nSPS) is 10.8. The lowest BCUT2D eigenvalue weighted by Gasteiger charge is -2.03. The summed E-state index contributed by atoms with van der Waals surface area (Å²) < 4.78 is 0. The molecule has 0 spiro atoms. The lowest BCUT2D eigenvalue weighted by Crippen LogP contribution is -1.78. The zero-order valence-electron chi connectivity index (χ0n) is 8.79. The number of phenolic OH excluding ortho intramolecular Hbond substituents is 1. The monoisotopic (exact) mass is 243 g/mol. The summed E-state index contributed by atoms with van der Waals surface area (Å²) in [4.78, 5) is 1.85. The van der Waals surface area contributed by atoms with E-state index in [9.17, 15) is 5.11 Å². The van der Waals surface area contributed by atoms with Crippen LogP contribution in [0.1, 0.15) is 0 Å². The maximum atomic E-state index is 10.1. The summed E-state index contributed by atoms with van der Waals surface area (Å²) in [7, 11) is 0. The molecule has 0 aliphatic carbocycles. The number of rotatable bonds is 2. The Morgan fingerprint density at radius 3 is 2.65 bits per heavy atom. The van der Waals surface area contributed by atoms with Crippen LogP contribution in [0.5, 0.6) is 5.75 Å². The van der Waals surface area contributed by atoms with E-state index in [1.165, 1.54) is 11.8 Å². The summed E-state index contributed by atoms with van der Waals surface area (Å²) in [5.41, 5.74) is 1.17. The van der Waals surface area contributed by atoms with Gasteiger partial charge < -0.3 is 5.11 Å². The van der Waals surface area contributed by atoms with Gasteiger partial charge in [-0.25, -0.2) is 0 Å². The van der Waals surface area contributed by atoms with Gasteiger partial charge >= 0.3 is 0 Å². The molecule has 0 aliphatic rings. The average Bonchev–Trinajstić information content (AvgIpc) is 2.83. The Balaban J connectivity index is 2.03. The molecule has 0 saturated carbocycles. The Kier molecular flexibility index (Phi) is 2.45. The Morgan fingerprint density at radius 1 is 1.00 bits per heavy atom. The Hall–Kier alpha value is -2.01. The lowest BCUT2D eigenvalue weighted by molar-refractivity contribution is 0.467. The summed E-state index contributed by atoms with van der Waals surface area (Å²) in [6.07, 6.45) is 0. The third kappa shape index (κ3) is 1.85. The van der Waals surface area contributed by atoms with E-state index in [-0.39, 0.29) is 5.75 Å². The first-order chi connectivity index (χ1) is 8.34. The Bertz CT molecular complexity index is 651. The third-order valence-corrected chi connectivity index (χ3v) is 3.45. The summed E-state index contributed by atoms with van der Waals surface area (Å²) in [6, 6.07) is 13.6. The van der Waals surface area contributed by atoms with Gasteiger partial charge in [-0.1, -0.05) is 30.0 Å². The molecule has 2 N–H and O–H groups in total. The smallest absolute Gasteiger partial charge is 0.159 e. The van der Waals surface area contributed by atoms with Crippen LogP contribution in [0.4, 0.5) is 0 Å². The Labute approximate surface area is 102 Å². The molecule has 84 valence electrons. The van der Waals surface area contributed by atoms with Crippen LogP contribution in [-0.4, -0.2) is 20.5 Å². The van der Waals surface area contributed by atoms with Crippen LogP contribution in [0, 0.1) is 0 Å². The zero-order chi connectivity index (χ0) is 11.7. The van der Waals surface area contributed by atoms with Gasteiger partial charge in [0.15, 0.2) is 11.3 Å². The van der Waals surface area contributed by atoms with Crippen LogP contribution >= 0.6 is 11.8 Å². The molecule has 3 aromatic rings. The molecule has 2 aromatic carbocycles. The van der Waals surface area contributed by atoms with Crippen LogP contribution in [0.3, 0.4) is 0 Å². The minimum absolute atomic E-state index is 0.171. The third-order valence-electron chi connectivity index (χ3n) is 2.40. The largest absolute Gasteiger partial charge is 0.504 e. The van der Waals surface area contributed by atoms with Gasteiger partial charge in [0, 0.05) is 4.90 Å². The van der Waals surface area contributed by atoms with Crippen molar-refractivity contribution in [1.82, 2.24) is 15.4 Å². The van der Waals surface area contributed by atoms with Gasteiger partial charge in [-0.3, -0.25) is 0 Å². The molecule has 0 aliphatic heterocycles. The van der Waals surface area contributed by atoms with E-state index in [2.05, 4.69) is 15.4 Å². The molecule has 1 aromatic heterocycles. The molecule has 0 radical (unpaired) electrons. The zero-order valence-corrected chi connectivity index (χ0v) is 9.61. The first-order valence-corrected chi connectivity index (χ1v) is 5.91. The molecule has 0 atom stereocenters. The van der Waals surface area contributed by atoms with E-state index in [0.717, 1.165) is 9.79 Å². The molecular formula is C12H9N3OS. The second-order valence-corrected chi connectivity index (χ2v) is 4.63. The number of benzene rings is 2. The summed E-state index contributed by atoms with van der Waals surface area (Å²) >= 11 is 1.50. The summed E-state index contributed by atoms with van der Waals surface area (Å²) in [6.45, 7) is 0. The van der Waals surface area contributed by atoms with Crippen LogP contribution < -0.4 is 0 Å².